The molecule has 0 spiro atoms. The molecule has 3 N–H and O–H groups in total. The molecule has 2 saturated carbocycles. The molecule has 1 unspecified atom stereocenters. The van der Waals surface area contributed by atoms with Gasteiger partial charge in [-0.3, -0.25) is 4.79 Å². The molecule has 19 heavy (non-hydrogen) atoms. The van der Waals surface area contributed by atoms with Crippen LogP contribution in [0.3, 0.4) is 0 Å². The Kier molecular flexibility index (Phi) is 5.26. The van der Waals surface area contributed by atoms with E-state index >= 15 is 0 Å². The van der Waals surface area contributed by atoms with Gasteiger partial charge in [0.2, 0.25) is 5.91 Å². The first-order chi connectivity index (χ1) is 9.15. The summed E-state index contributed by atoms with van der Waals surface area (Å²) >= 11 is 0. The highest BCUT2D eigenvalue weighted by atomic mass is 16.1. The highest BCUT2D eigenvalue weighted by Gasteiger charge is 2.33. The third-order valence-electron chi connectivity index (χ3n) is 5.38. The zero-order chi connectivity index (χ0) is 13.7. The summed E-state index contributed by atoms with van der Waals surface area (Å²) in [6, 6.07) is 0.341. The minimum atomic E-state index is 0.0950. The maximum Gasteiger partial charge on any atom is 0.220 e. The molecule has 3 nitrogen and oxygen atoms in total. The predicted octanol–water partition coefficient (Wildman–Crippen LogP) is 2.98. The molecular formula is C16H30N2O. The van der Waals surface area contributed by atoms with Gasteiger partial charge >= 0.3 is 0 Å². The lowest BCUT2D eigenvalue weighted by molar-refractivity contribution is -0.124. The Labute approximate surface area is 117 Å². The molecule has 0 aromatic heterocycles. The number of nitrogens with one attached hydrogen (secondary N) is 1. The molecule has 3 heteroatoms. The molecule has 110 valence electrons. The van der Waals surface area contributed by atoms with Gasteiger partial charge in [-0.15, -0.1) is 0 Å². The third-order valence-corrected chi connectivity index (χ3v) is 5.38. The average molecular weight is 266 g/mol. The van der Waals surface area contributed by atoms with Crippen LogP contribution in [0.2, 0.25) is 0 Å². The van der Waals surface area contributed by atoms with Crippen molar-refractivity contribution < 1.29 is 4.79 Å². The normalized spacial score (nSPS) is 25.2. The molecule has 2 aliphatic rings. The van der Waals surface area contributed by atoms with Crippen LogP contribution in [0.4, 0.5) is 0 Å². The first kappa shape index (κ1) is 14.8. The maximum atomic E-state index is 12.3. The second-order valence-electron chi connectivity index (χ2n) is 6.84. The zero-order valence-corrected chi connectivity index (χ0v) is 12.4. The fraction of sp³-hybridized carbons (Fsp3) is 0.938. The Morgan fingerprint density at radius 2 is 1.84 bits per heavy atom. The van der Waals surface area contributed by atoms with Crippen molar-refractivity contribution >= 4 is 5.91 Å². The van der Waals surface area contributed by atoms with Crippen molar-refractivity contribution in [1.29, 1.82) is 0 Å². The SMILES string of the molecule is CC(NC(=O)CC1(CN)CCCCC1)C1CCCC1. The minimum absolute atomic E-state index is 0.0950. The summed E-state index contributed by atoms with van der Waals surface area (Å²) in [7, 11) is 0. The first-order valence-corrected chi connectivity index (χ1v) is 8.15. The van der Waals surface area contributed by atoms with Gasteiger partial charge in [0.1, 0.15) is 0 Å². The molecule has 1 atom stereocenters. The summed E-state index contributed by atoms with van der Waals surface area (Å²) in [5.41, 5.74) is 6.05. The van der Waals surface area contributed by atoms with Gasteiger partial charge < -0.3 is 11.1 Å². The van der Waals surface area contributed by atoms with E-state index in [1.807, 2.05) is 0 Å². The summed E-state index contributed by atoms with van der Waals surface area (Å²) in [6.07, 6.45) is 11.9. The minimum Gasteiger partial charge on any atom is -0.353 e. The van der Waals surface area contributed by atoms with Crippen LogP contribution < -0.4 is 11.1 Å². The Morgan fingerprint density at radius 3 is 2.42 bits per heavy atom. The lowest BCUT2D eigenvalue weighted by Crippen LogP contribution is -2.42. The number of nitrogens with two attached hydrogens (primary N) is 1. The van der Waals surface area contributed by atoms with Crippen LogP contribution in [0.5, 0.6) is 0 Å². The van der Waals surface area contributed by atoms with Gasteiger partial charge in [0, 0.05) is 12.5 Å². The second-order valence-corrected chi connectivity index (χ2v) is 6.84. The molecule has 0 saturated heterocycles. The summed E-state index contributed by atoms with van der Waals surface area (Å²) in [5.74, 6) is 0.927. The predicted molar refractivity (Wildman–Crippen MR) is 78.8 cm³/mol. The third kappa shape index (κ3) is 3.95. The van der Waals surface area contributed by atoms with Gasteiger partial charge in [-0.05, 0) is 50.5 Å². The maximum absolute atomic E-state index is 12.3. The topological polar surface area (TPSA) is 55.1 Å². The van der Waals surface area contributed by atoms with Crippen molar-refractivity contribution in [2.75, 3.05) is 6.54 Å². The van der Waals surface area contributed by atoms with E-state index in [0.29, 0.717) is 24.9 Å². The van der Waals surface area contributed by atoms with Crippen molar-refractivity contribution in [1.82, 2.24) is 5.32 Å². The highest BCUT2D eigenvalue weighted by Crippen LogP contribution is 2.38. The lowest BCUT2D eigenvalue weighted by atomic mass is 9.71. The number of hydrogen-bond donors (Lipinski definition) is 2. The number of carbonyl (C=O) groups is 1. The van der Waals surface area contributed by atoms with Gasteiger partial charge in [0.25, 0.3) is 0 Å². The van der Waals surface area contributed by atoms with Crippen molar-refractivity contribution in [2.24, 2.45) is 17.1 Å². The molecule has 2 rings (SSSR count). The van der Waals surface area contributed by atoms with Crippen molar-refractivity contribution in [3.05, 3.63) is 0 Å². The monoisotopic (exact) mass is 266 g/mol. The van der Waals surface area contributed by atoms with E-state index in [2.05, 4.69) is 12.2 Å². The fourth-order valence-corrected chi connectivity index (χ4v) is 3.98. The van der Waals surface area contributed by atoms with Crippen molar-refractivity contribution in [2.45, 2.75) is 77.2 Å². The summed E-state index contributed by atoms with van der Waals surface area (Å²) < 4.78 is 0. The molecule has 0 aromatic rings. The Balaban J connectivity index is 1.81. The molecule has 0 aromatic carbocycles. The standard InChI is InChI=1S/C16H30N2O/c1-13(14-7-3-4-8-14)18-15(19)11-16(12-17)9-5-2-6-10-16/h13-14H,2-12,17H2,1H3,(H,18,19). The van der Waals surface area contributed by atoms with E-state index in [9.17, 15) is 4.79 Å². The highest BCUT2D eigenvalue weighted by molar-refractivity contribution is 5.77. The largest absolute Gasteiger partial charge is 0.353 e. The fourth-order valence-electron chi connectivity index (χ4n) is 3.98. The van der Waals surface area contributed by atoms with E-state index in [0.717, 1.165) is 12.8 Å². The van der Waals surface area contributed by atoms with Crippen LogP contribution in [-0.2, 0) is 4.79 Å². The zero-order valence-electron chi connectivity index (χ0n) is 12.4. The van der Waals surface area contributed by atoms with E-state index < -0.39 is 0 Å². The molecule has 0 bridgehead atoms. The second kappa shape index (κ2) is 6.74. The van der Waals surface area contributed by atoms with Crippen LogP contribution in [0.25, 0.3) is 0 Å². The number of amides is 1. The Bertz CT molecular complexity index is 291. The molecule has 1 amide bonds. The Morgan fingerprint density at radius 1 is 1.21 bits per heavy atom. The van der Waals surface area contributed by atoms with Crippen LogP contribution in [0, 0.1) is 11.3 Å². The summed E-state index contributed by atoms with van der Waals surface area (Å²) in [4.78, 5) is 12.3. The van der Waals surface area contributed by atoms with Gasteiger partial charge in [-0.25, -0.2) is 0 Å². The van der Waals surface area contributed by atoms with Crippen molar-refractivity contribution in [3.63, 3.8) is 0 Å². The van der Waals surface area contributed by atoms with Crippen LogP contribution >= 0.6 is 0 Å². The van der Waals surface area contributed by atoms with E-state index in [-0.39, 0.29) is 11.3 Å². The smallest absolute Gasteiger partial charge is 0.220 e. The first-order valence-electron chi connectivity index (χ1n) is 8.15. The molecule has 2 fully saturated rings. The van der Waals surface area contributed by atoms with E-state index in [1.165, 1.54) is 44.9 Å². The van der Waals surface area contributed by atoms with Gasteiger partial charge in [-0.2, -0.15) is 0 Å². The van der Waals surface area contributed by atoms with Gasteiger partial charge in [0.05, 0.1) is 0 Å². The molecule has 0 radical (unpaired) electrons. The number of carbonyl (C=O) groups excluding carboxylic acids is 1. The molecular weight excluding hydrogens is 236 g/mol. The molecule has 0 heterocycles. The average Bonchev–Trinajstić information content (AvgIpc) is 2.93. The molecule has 2 aliphatic carbocycles. The van der Waals surface area contributed by atoms with Gasteiger partial charge in [-0.1, -0.05) is 32.1 Å². The van der Waals surface area contributed by atoms with Crippen LogP contribution in [-0.4, -0.2) is 18.5 Å². The van der Waals surface area contributed by atoms with Gasteiger partial charge in [0.15, 0.2) is 0 Å². The quantitative estimate of drug-likeness (QED) is 0.803. The summed E-state index contributed by atoms with van der Waals surface area (Å²) in [6.45, 7) is 2.84. The van der Waals surface area contributed by atoms with Crippen LogP contribution in [0.15, 0.2) is 0 Å². The molecule has 0 aliphatic heterocycles. The van der Waals surface area contributed by atoms with Crippen molar-refractivity contribution in [3.8, 4) is 0 Å². The van der Waals surface area contributed by atoms with E-state index in [4.69, 9.17) is 5.73 Å². The Hall–Kier alpha value is -0.570. The summed E-state index contributed by atoms with van der Waals surface area (Å²) in [5, 5.41) is 3.23. The van der Waals surface area contributed by atoms with E-state index in [1.54, 1.807) is 0 Å². The number of rotatable bonds is 5. The number of hydrogen-bond acceptors (Lipinski definition) is 2. The lowest BCUT2D eigenvalue weighted by Gasteiger charge is -2.36. The van der Waals surface area contributed by atoms with Crippen LogP contribution in [0.1, 0.15) is 71.1 Å².